The quantitative estimate of drug-likeness (QED) is 0.764. The number of carbonyl (C=O) groups is 1. The van der Waals surface area contributed by atoms with Crippen molar-refractivity contribution in [3.8, 4) is 5.75 Å². The highest BCUT2D eigenvalue weighted by molar-refractivity contribution is 5.88. The number of benzene rings is 1. The maximum Gasteiger partial charge on any atom is 0.174 e. The molecule has 5 atom stereocenters. The van der Waals surface area contributed by atoms with E-state index in [2.05, 4.69) is 26.1 Å². The summed E-state index contributed by atoms with van der Waals surface area (Å²) < 4.78 is 6.30. The minimum absolute atomic E-state index is 0.00838. The van der Waals surface area contributed by atoms with Gasteiger partial charge in [0.05, 0.1) is 25.0 Å². The molecule has 2 aliphatic heterocycles. The number of carbonyl (C=O) groups excluding carboxylic acids is 1. The molecule has 1 aromatic carbocycles. The molecule has 2 aliphatic carbocycles. The zero-order valence-electron chi connectivity index (χ0n) is 12.7. The lowest BCUT2D eigenvalue weighted by molar-refractivity contribution is -0.919. The maximum absolute atomic E-state index is 12.6. The van der Waals surface area contributed by atoms with Crippen molar-refractivity contribution in [3.05, 3.63) is 28.8 Å². The van der Waals surface area contributed by atoms with Gasteiger partial charge in [0.2, 0.25) is 0 Å². The fraction of sp³-hybridized carbons (Fsp3) is 0.611. The second-order valence-corrected chi connectivity index (χ2v) is 7.55. The van der Waals surface area contributed by atoms with E-state index in [0.29, 0.717) is 24.2 Å². The van der Waals surface area contributed by atoms with Gasteiger partial charge in [-0.25, -0.2) is 0 Å². The summed E-state index contributed by atoms with van der Waals surface area (Å²) in [5.74, 6) is 2.02. The van der Waals surface area contributed by atoms with Gasteiger partial charge in [-0.05, 0) is 24.5 Å². The van der Waals surface area contributed by atoms with Crippen LogP contribution in [0.25, 0.3) is 0 Å². The first-order valence-corrected chi connectivity index (χ1v) is 8.27. The van der Waals surface area contributed by atoms with Crippen molar-refractivity contribution in [2.75, 3.05) is 13.6 Å². The summed E-state index contributed by atoms with van der Waals surface area (Å²) in [5, 5.41) is 0. The van der Waals surface area contributed by atoms with Gasteiger partial charge in [-0.1, -0.05) is 12.1 Å². The van der Waals surface area contributed by atoms with Gasteiger partial charge >= 0.3 is 0 Å². The lowest BCUT2D eigenvalue weighted by atomic mass is 9.51. The van der Waals surface area contributed by atoms with E-state index in [1.165, 1.54) is 23.2 Å². The Balaban J connectivity index is 1.83. The maximum atomic E-state index is 12.6. The van der Waals surface area contributed by atoms with Crippen molar-refractivity contribution in [1.29, 1.82) is 0 Å². The van der Waals surface area contributed by atoms with E-state index in [9.17, 15) is 4.79 Å². The normalized spacial score (nSPS) is 42.5. The Morgan fingerprint density at radius 3 is 3.10 bits per heavy atom. The number of hydrogen-bond acceptors (Lipinski definition) is 2. The summed E-state index contributed by atoms with van der Waals surface area (Å²) in [6.45, 7) is 3.29. The monoisotopic (exact) mass is 284 g/mol. The Labute approximate surface area is 125 Å². The molecule has 5 rings (SSSR count). The first kappa shape index (κ1) is 12.2. The molecule has 3 heteroatoms. The molecule has 1 saturated heterocycles. The predicted molar refractivity (Wildman–Crippen MR) is 78.9 cm³/mol. The highest BCUT2D eigenvalue weighted by Gasteiger charge is 2.66. The van der Waals surface area contributed by atoms with Crippen LogP contribution in [0.4, 0.5) is 0 Å². The van der Waals surface area contributed by atoms with Gasteiger partial charge in [0.15, 0.2) is 11.9 Å². The third kappa shape index (κ3) is 1.24. The topological polar surface area (TPSA) is 30.7 Å². The van der Waals surface area contributed by atoms with Crippen LogP contribution in [0, 0.1) is 12.8 Å². The van der Waals surface area contributed by atoms with Crippen molar-refractivity contribution in [3.63, 3.8) is 0 Å². The van der Waals surface area contributed by atoms with Gasteiger partial charge in [0.25, 0.3) is 0 Å². The Hall–Kier alpha value is -1.35. The van der Waals surface area contributed by atoms with Gasteiger partial charge in [0, 0.05) is 30.7 Å². The molecule has 21 heavy (non-hydrogen) atoms. The number of piperidine rings is 1. The van der Waals surface area contributed by atoms with Crippen LogP contribution in [0.5, 0.6) is 5.75 Å². The molecule has 1 N–H and O–H groups in total. The van der Waals surface area contributed by atoms with Crippen LogP contribution < -0.4 is 9.64 Å². The third-order valence-corrected chi connectivity index (χ3v) is 6.76. The molecular formula is C18H22NO2+. The largest absolute Gasteiger partial charge is 0.481 e. The smallest absolute Gasteiger partial charge is 0.174 e. The van der Waals surface area contributed by atoms with Crippen molar-refractivity contribution in [2.24, 2.45) is 5.92 Å². The molecule has 0 amide bonds. The second-order valence-electron chi connectivity index (χ2n) is 7.55. The molecular weight excluding hydrogens is 262 g/mol. The molecule has 1 spiro atoms. The molecule has 0 aromatic heterocycles. The molecule has 2 heterocycles. The number of aryl methyl sites for hydroxylation is 1. The molecule has 0 radical (unpaired) electrons. The van der Waals surface area contributed by atoms with Crippen LogP contribution in [0.2, 0.25) is 0 Å². The Morgan fingerprint density at radius 2 is 2.24 bits per heavy atom. The van der Waals surface area contributed by atoms with Crippen molar-refractivity contribution in [1.82, 2.24) is 0 Å². The number of rotatable bonds is 0. The average Bonchev–Trinajstić information content (AvgIpc) is 2.83. The molecule has 3 nitrogen and oxygen atoms in total. The number of quaternary nitrogens is 1. The summed E-state index contributed by atoms with van der Waals surface area (Å²) in [7, 11) is 2.33. The van der Waals surface area contributed by atoms with E-state index in [4.69, 9.17) is 4.74 Å². The van der Waals surface area contributed by atoms with Gasteiger partial charge in [-0.15, -0.1) is 0 Å². The van der Waals surface area contributed by atoms with E-state index in [-0.39, 0.29) is 11.5 Å². The summed E-state index contributed by atoms with van der Waals surface area (Å²) in [4.78, 5) is 14.2. The van der Waals surface area contributed by atoms with Gasteiger partial charge < -0.3 is 9.64 Å². The molecule has 2 bridgehead atoms. The number of Topliss-reactive ketones (excluding diaryl/α,β-unsaturated/α-hetero) is 1. The Bertz CT molecular complexity index is 667. The fourth-order valence-corrected chi connectivity index (χ4v) is 5.82. The molecule has 4 aliphatic rings. The minimum Gasteiger partial charge on any atom is -0.481 e. The standard InChI is InChI=1S/C18H21NO2/c1-10-3-4-11-9-13-12-5-6-14(20)17-18(12,7-8-19(13)2)15(11)16(10)21-17/h3-4,12-13,17H,5-9H2,1-2H3/p+1/t12-,13+,17-,18-/m0/s1. The summed E-state index contributed by atoms with van der Waals surface area (Å²) >= 11 is 0. The van der Waals surface area contributed by atoms with Crippen molar-refractivity contribution >= 4 is 5.78 Å². The van der Waals surface area contributed by atoms with E-state index < -0.39 is 0 Å². The van der Waals surface area contributed by atoms with Crippen LogP contribution in [0.15, 0.2) is 12.1 Å². The molecule has 110 valence electrons. The van der Waals surface area contributed by atoms with Gasteiger partial charge in [-0.2, -0.15) is 0 Å². The van der Waals surface area contributed by atoms with E-state index in [0.717, 1.165) is 25.0 Å². The minimum atomic E-state index is -0.193. The van der Waals surface area contributed by atoms with Gasteiger partial charge in [-0.3, -0.25) is 4.79 Å². The molecule has 1 aromatic rings. The summed E-state index contributed by atoms with van der Waals surface area (Å²) in [5.41, 5.74) is 4.09. The van der Waals surface area contributed by atoms with Gasteiger partial charge in [0.1, 0.15) is 5.75 Å². The number of hydrogen-bond donors (Lipinski definition) is 1. The van der Waals surface area contributed by atoms with Crippen molar-refractivity contribution in [2.45, 2.75) is 50.2 Å². The average molecular weight is 284 g/mol. The molecule has 1 saturated carbocycles. The van der Waals surface area contributed by atoms with Crippen LogP contribution >= 0.6 is 0 Å². The predicted octanol–water partition coefficient (Wildman–Crippen LogP) is 0.816. The van der Waals surface area contributed by atoms with Crippen LogP contribution in [0.1, 0.15) is 36.0 Å². The van der Waals surface area contributed by atoms with Crippen molar-refractivity contribution < 1.29 is 14.4 Å². The van der Waals surface area contributed by atoms with Crippen LogP contribution in [0.3, 0.4) is 0 Å². The Morgan fingerprint density at radius 1 is 1.38 bits per heavy atom. The highest BCUT2D eigenvalue weighted by atomic mass is 16.5. The van der Waals surface area contributed by atoms with E-state index >= 15 is 0 Å². The molecule has 2 fully saturated rings. The number of likely N-dealkylation sites (N-methyl/N-ethyl adjacent to an activating group) is 1. The van der Waals surface area contributed by atoms with Crippen LogP contribution in [-0.4, -0.2) is 31.5 Å². The fourth-order valence-electron chi connectivity index (χ4n) is 5.82. The number of likely N-dealkylation sites (tertiary alicyclic amines) is 1. The van der Waals surface area contributed by atoms with E-state index in [1.54, 1.807) is 4.90 Å². The van der Waals surface area contributed by atoms with Crippen LogP contribution in [-0.2, 0) is 16.6 Å². The second kappa shape index (κ2) is 3.70. The first-order valence-electron chi connectivity index (χ1n) is 8.27. The third-order valence-electron chi connectivity index (χ3n) is 6.76. The zero-order chi connectivity index (χ0) is 14.4. The number of nitrogens with one attached hydrogen (secondary N) is 1. The summed E-state index contributed by atoms with van der Waals surface area (Å²) in [6, 6.07) is 5.14. The Kier molecular flexibility index (Phi) is 2.15. The number of ether oxygens (including phenoxy) is 1. The zero-order valence-corrected chi connectivity index (χ0v) is 12.7. The summed E-state index contributed by atoms with van der Waals surface area (Å²) in [6.07, 6.45) is 3.85. The lowest BCUT2D eigenvalue weighted by Crippen LogP contribution is -3.16. The lowest BCUT2D eigenvalue weighted by Gasteiger charge is -2.54. The highest BCUT2D eigenvalue weighted by Crippen LogP contribution is 2.59. The first-order chi connectivity index (χ1) is 10.1. The number of ketones is 1. The molecule has 1 unspecified atom stereocenters. The SMILES string of the molecule is Cc1ccc2c3c1O[C@H]1C(=O)CC[C@H]4[C@@H](C2)[NH+](C)CC[C@]314. The van der Waals surface area contributed by atoms with E-state index in [1.807, 2.05) is 0 Å².